The predicted octanol–water partition coefficient (Wildman–Crippen LogP) is 0.248. The largest absolute Gasteiger partial charge is 0.307 e. The van der Waals surface area contributed by atoms with Crippen LogP contribution in [0.1, 0.15) is 6.92 Å². The van der Waals surface area contributed by atoms with Gasteiger partial charge in [0, 0.05) is 13.2 Å². The summed E-state index contributed by atoms with van der Waals surface area (Å²) in [5.74, 6) is -0.421. The quantitative estimate of drug-likeness (QED) is 0.565. The van der Waals surface area contributed by atoms with Gasteiger partial charge in [-0.05, 0) is 6.92 Å². The molecule has 0 bridgehead atoms. The molecule has 0 atom stereocenters. The number of hydrogen-bond acceptors (Lipinski definition) is 3. The van der Waals surface area contributed by atoms with E-state index >= 15 is 0 Å². The molecule has 0 aromatic rings. The van der Waals surface area contributed by atoms with Crippen LogP contribution < -0.4 is 0 Å². The zero-order chi connectivity index (χ0) is 9.56. The molecule has 0 aromatic carbocycles. The maximum atomic E-state index is 11.1. The van der Waals surface area contributed by atoms with Gasteiger partial charge in [-0.1, -0.05) is 6.58 Å². The van der Waals surface area contributed by atoms with Crippen molar-refractivity contribution >= 4 is 17.9 Å². The van der Waals surface area contributed by atoms with Crippen molar-refractivity contribution in [1.29, 1.82) is 0 Å². The topological polar surface area (TPSA) is 49.7 Å². The van der Waals surface area contributed by atoms with Crippen molar-refractivity contribution in [2.75, 3.05) is 13.6 Å². The van der Waals surface area contributed by atoms with E-state index in [4.69, 9.17) is 0 Å². The molecule has 0 aliphatic rings. The van der Waals surface area contributed by atoms with E-state index < -0.39 is 0 Å². The second-order valence-electron chi connectivity index (χ2n) is 2.24. The molecule has 66 valence electrons. The smallest absolute Gasteiger partial charge is 0.268 e. The van der Waals surface area contributed by atoms with Crippen LogP contribution in [0.4, 0.5) is 0 Å². The Balaban J connectivity index is 4.24. The van der Waals surface area contributed by atoms with Crippen molar-refractivity contribution in [2.45, 2.75) is 6.92 Å². The fraction of sp³-hybridized carbons (Fsp3) is 0.375. The van der Waals surface area contributed by atoms with Crippen molar-refractivity contribution in [3.05, 3.63) is 12.8 Å². The van der Waals surface area contributed by atoms with E-state index in [9.17, 15) is 9.59 Å². The van der Waals surface area contributed by atoms with Crippen LogP contribution in [0.2, 0.25) is 0 Å². The third-order valence-electron chi connectivity index (χ3n) is 1.14. The monoisotopic (exact) mass is 168 g/mol. The lowest BCUT2D eigenvalue weighted by Crippen LogP contribution is -2.30. The Bertz CT molecular complexity index is 221. The van der Waals surface area contributed by atoms with Gasteiger partial charge in [0.1, 0.15) is 5.78 Å². The number of carbonyl (C=O) groups excluding carboxylic acids is 2. The van der Waals surface area contributed by atoms with Crippen LogP contribution in [0.15, 0.2) is 17.8 Å². The van der Waals surface area contributed by atoms with E-state index in [0.29, 0.717) is 0 Å². The van der Waals surface area contributed by atoms with Crippen molar-refractivity contribution in [2.24, 2.45) is 4.99 Å². The third-order valence-corrected chi connectivity index (χ3v) is 1.14. The van der Waals surface area contributed by atoms with E-state index in [1.807, 2.05) is 0 Å². The van der Waals surface area contributed by atoms with Crippen LogP contribution in [0.5, 0.6) is 0 Å². The molecule has 0 N–H and O–H groups in total. The number of carbonyl (C=O) groups is 2. The first-order valence-corrected chi connectivity index (χ1v) is 3.46. The second kappa shape index (κ2) is 5.23. The van der Waals surface area contributed by atoms with Gasteiger partial charge in [0.25, 0.3) is 5.91 Å². The van der Waals surface area contributed by atoms with Gasteiger partial charge in [0.2, 0.25) is 0 Å². The molecule has 0 saturated carbocycles. The van der Waals surface area contributed by atoms with E-state index in [2.05, 4.69) is 11.6 Å². The fourth-order valence-corrected chi connectivity index (χ4v) is 0.657. The van der Waals surface area contributed by atoms with Gasteiger partial charge in [0.15, 0.2) is 0 Å². The van der Waals surface area contributed by atoms with Crippen molar-refractivity contribution in [1.82, 2.24) is 4.90 Å². The summed E-state index contributed by atoms with van der Waals surface area (Å²) < 4.78 is 0. The SMILES string of the molecule is C=CN(CC(C)=O)C(=O)C=NC. The van der Waals surface area contributed by atoms with Crippen molar-refractivity contribution in [3.8, 4) is 0 Å². The molecule has 0 fully saturated rings. The van der Waals surface area contributed by atoms with Crippen LogP contribution >= 0.6 is 0 Å². The van der Waals surface area contributed by atoms with Crippen LogP contribution in [0, 0.1) is 0 Å². The molecular weight excluding hydrogens is 156 g/mol. The van der Waals surface area contributed by atoms with E-state index in [0.717, 1.165) is 6.21 Å². The fourth-order valence-electron chi connectivity index (χ4n) is 0.657. The summed E-state index contributed by atoms with van der Waals surface area (Å²) in [7, 11) is 1.49. The molecule has 0 spiro atoms. The predicted molar refractivity (Wildman–Crippen MR) is 47.0 cm³/mol. The molecule has 0 radical (unpaired) electrons. The Morgan fingerprint density at radius 3 is 2.50 bits per heavy atom. The third kappa shape index (κ3) is 3.65. The molecule has 0 aliphatic heterocycles. The van der Waals surface area contributed by atoms with Gasteiger partial charge in [-0.3, -0.25) is 14.6 Å². The van der Waals surface area contributed by atoms with Crippen LogP contribution in [0.25, 0.3) is 0 Å². The van der Waals surface area contributed by atoms with Gasteiger partial charge in [0.05, 0.1) is 12.8 Å². The summed E-state index contributed by atoms with van der Waals surface area (Å²) in [4.78, 5) is 26.4. The molecule has 0 unspecified atom stereocenters. The van der Waals surface area contributed by atoms with Gasteiger partial charge in [-0.25, -0.2) is 0 Å². The second-order valence-corrected chi connectivity index (χ2v) is 2.24. The average Bonchev–Trinajstić information content (AvgIpc) is 2.00. The highest BCUT2D eigenvalue weighted by atomic mass is 16.2. The minimum absolute atomic E-state index is 0.0500. The Kier molecular flexibility index (Phi) is 4.60. The Morgan fingerprint density at radius 2 is 2.17 bits per heavy atom. The maximum absolute atomic E-state index is 11.1. The van der Waals surface area contributed by atoms with Gasteiger partial charge >= 0.3 is 0 Å². The van der Waals surface area contributed by atoms with Crippen LogP contribution in [-0.2, 0) is 9.59 Å². The minimum Gasteiger partial charge on any atom is -0.307 e. The highest BCUT2D eigenvalue weighted by Crippen LogP contribution is 1.88. The summed E-state index contributed by atoms with van der Waals surface area (Å²) in [6, 6.07) is 0. The molecule has 0 rings (SSSR count). The Hall–Kier alpha value is -1.45. The zero-order valence-corrected chi connectivity index (χ0v) is 7.28. The molecule has 0 heterocycles. The number of nitrogens with zero attached hydrogens (tertiary/aromatic N) is 2. The molecule has 0 saturated heterocycles. The maximum Gasteiger partial charge on any atom is 0.268 e. The highest BCUT2D eigenvalue weighted by molar-refractivity contribution is 6.26. The lowest BCUT2D eigenvalue weighted by Gasteiger charge is -2.12. The first kappa shape index (κ1) is 10.6. The van der Waals surface area contributed by atoms with E-state index in [1.165, 1.54) is 25.1 Å². The lowest BCUT2D eigenvalue weighted by atomic mass is 10.4. The minimum atomic E-state index is -0.331. The van der Waals surface area contributed by atoms with Gasteiger partial charge in [-0.15, -0.1) is 0 Å². The molecule has 12 heavy (non-hydrogen) atoms. The number of rotatable bonds is 4. The molecule has 4 heteroatoms. The highest BCUT2D eigenvalue weighted by Gasteiger charge is 2.08. The number of Topliss-reactive ketones (excluding diaryl/α,β-unsaturated/α-hetero) is 1. The van der Waals surface area contributed by atoms with Crippen molar-refractivity contribution < 1.29 is 9.59 Å². The summed E-state index contributed by atoms with van der Waals surface area (Å²) in [5, 5.41) is 0. The molecular formula is C8H12N2O2. The van der Waals surface area contributed by atoms with E-state index in [1.54, 1.807) is 0 Å². The normalized spacial score (nSPS) is 9.83. The lowest BCUT2D eigenvalue weighted by molar-refractivity contribution is -0.126. The molecule has 4 nitrogen and oxygen atoms in total. The first-order valence-electron chi connectivity index (χ1n) is 3.46. The summed E-state index contributed by atoms with van der Waals surface area (Å²) in [6.45, 7) is 4.87. The van der Waals surface area contributed by atoms with E-state index in [-0.39, 0.29) is 18.2 Å². The number of amides is 1. The summed E-state index contributed by atoms with van der Waals surface area (Å²) in [6.07, 6.45) is 2.45. The van der Waals surface area contributed by atoms with Gasteiger partial charge < -0.3 is 4.90 Å². The van der Waals surface area contributed by atoms with Crippen molar-refractivity contribution in [3.63, 3.8) is 0 Å². The average molecular weight is 168 g/mol. The van der Waals surface area contributed by atoms with Gasteiger partial charge in [-0.2, -0.15) is 0 Å². The number of ketones is 1. The first-order chi connectivity index (χ1) is 5.61. The van der Waals surface area contributed by atoms with Crippen LogP contribution in [0.3, 0.4) is 0 Å². The number of aliphatic imine (C=N–C) groups is 1. The standard InChI is InChI=1S/C8H12N2O2/c1-4-10(6-7(2)11)8(12)5-9-3/h4-5H,1,6H2,2-3H3. The zero-order valence-electron chi connectivity index (χ0n) is 7.28. The molecule has 0 aromatic heterocycles. The Labute approximate surface area is 71.6 Å². The van der Waals surface area contributed by atoms with Crippen LogP contribution in [-0.4, -0.2) is 36.4 Å². The molecule has 0 aliphatic carbocycles. The summed E-state index contributed by atoms with van der Waals surface area (Å²) in [5.41, 5.74) is 0. The number of hydrogen-bond donors (Lipinski definition) is 0. The Morgan fingerprint density at radius 1 is 1.58 bits per heavy atom. The summed E-state index contributed by atoms with van der Waals surface area (Å²) >= 11 is 0. The molecule has 1 amide bonds.